The van der Waals surface area contributed by atoms with E-state index in [-0.39, 0.29) is 24.5 Å². The minimum Gasteiger partial charge on any atom is -0.489 e. The highest BCUT2D eigenvalue weighted by Crippen LogP contribution is 2.32. The maximum absolute atomic E-state index is 13.2. The number of hydrogen-bond acceptors (Lipinski definition) is 9. The second kappa shape index (κ2) is 10.5. The van der Waals surface area contributed by atoms with Crippen LogP contribution in [0.5, 0.6) is 5.75 Å². The minimum atomic E-state index is -0.872. The van der Waals surface area contributed by atoms with Gasteiger partial charge in [0.25, 0.3) is 11.8 Å². The standard InChI is InChI=1S/C27H31N9O3/c1-18-29-24-15-34(10-11-36(24)31-18)13-20-8-9-22-23(12-20)39-16-21(27(38)33(22)2)30-26(37)25-28-17-35(32-25)14-19-6-4-3-5-7-19/h3-9,12,17,21,24H,10-11,13-16H2,1-2H3,(H,29,31)(H,30,37)/t21-,24?/m1/s1. The van der Waals surface area contributed by atoms with Crippen molar-refractivity contribution in [1.29, 1.82) is 0 Å². The van der Waals surface area contributed by atoms with Gasteiger partial charge in [-0.1, -0.05) is 36.4 Å². The van der Waals surface area contributed by atoms with Gasteiger partial charge in [-0.3, -0.25) is 14.5 Å². The highest BCUT2D eigenvalue weighted by atomic mass is 16.5. The van der Waals surface area contributed by atoms with Crippen molar-refractivity contribution in [1.82, 2.24) is 35.4 Å². The molecule has 4 heterocycles. The third-order valence-corrected chi connectivity index (χ3v) is 7.14. The number of carbonyl (C=O) groups is 2. The van der Waals surface area contributed by atoms with Gasteiger partial charge < -0.3 is 20.4 Å². The zero-order valence-corrected chi connectivity index (χ0v) is 21.9. The molecule has 2 aromatic carbocycles. The zero-order chi connectivity index (χ0) is 26.9. The number of fused-ring (bicyclic) bond motifs is 2. The van der Waals surface area contributed by atoms with Crippen LogP contribution < -0.4 is 20.4 Å². The Balaban J connectivity index is 1.09. The molecule has 12 heteroatoms. The van der Waals surface area contributed by atoms with Crippen molar-refractivity contribution in [2.45, 2.75) is 32.2 Å². The van der Waals surface area contributed by atoms with Gasteiger partial charge in [0.1, 0.15) is 36.7 Å². The molecule has 1 aromatic heterocycles. The number of amides is 2. The van der Waals surface area contributed by atoms with Crippen LogP contribution in [0.3, 0.4) is 0 Å². The number of benzene rings is 2. The van der Waals surface area contributed by atoms with Gasteiger partial charge >= 0.3 is 0 Å². The summed E-state index contributed by atoms with van der Waals surface area (Å²) >= 11 is 0. The molecule has 2 atom stereocenters. The van der Waals surface area contributed by atoms with E-state index in [1.165, 1.54) is 11.2 Å². The Labute approximate surface area is 226 Å². The lowest BCUT2D eigenvalue weighted by Crippen LogP contribution is -2.53. The smallest absolute Gasteiger partial charge is 0.291 e. The Hall–Kier alpha value is -4.29. The van der Waals surface area contributed by atoms with Gasteiger partial charge in [-0.15, -0.1) is 5.10 Å². The van der Waals surface area contributed by atoms with Gasteiger partial charge in [0.2, 0.25) is 5.82 Å². The van der Waals surface area contributed by atoms with E-state index >= 15 is 0 Å². The average Bonchev–Trinajstić information content (AvgIpc) is 3.53. The molecule has 3 aliphatic heterocycles. The van der Waals surface area contributed by atoms with Crippen LogP contribution in [-0.4, -0.2) is 87.8 Å². The Morgan fingerprint density at radius 3 is 2.82 bits per heavy atom. The summed E-state index contributed by atoms with van der Waals surface area (Å²) in [5, 5.41) is 9.20. The highest BCUT2D eigenvalue weighted by molar-refractivity contribution is 6.02. The third-order valence-electron chi connectivity index (χ3n) is 7.14. The highest BCUT2D eigenvalue weighted by Gasteiger charge is 2.33. The molecule has 3 aliphatic rings. The molecule has 0 bridgehead atoms. The summed E-state index contributed by atoms with van der Waals surface area (Å²) < 4.78 is 7.65. The fraction of sp³-hybridized carbons (Fsp3) is 0.370. The molecule has 2 amide bonds. The van der Waals surface area contributed by atoms with Crippen LogP contribution in [0.1, 0.15) is 28.7 Å². The predicted molar refractivity (Wildman–Crippen MR) is 144 cm³/mol. The van der Waals surface area contributed by atoms with Crippen molar-refractivity contribution in [3.63, 3.8) is 0 Å². The number of ether oxygens (including phenoxy) is 1. The fourth-order valence-electron chi connectivity index (χ4n) is 5.14. The van der Waals surface area contributed by atoms with Crippen LogP contribution in [0.4, 0.5) is 5.69 Å². The van der Waals surface area contributed by atoms with Crippen LogP contribution in [0, 0.1) is 0 Å². The molecule has 202 valence electrons. The van der Waals surface area contributed by atoms with Gasteiger partial charge in [-0.25, -0.2) is 14.7 Å². The first-order chi connectivity index (χ1) is 18.9. The Bertz CT molecular complexity index is 1410. The van der Waals surface area contributed by atoms with Crippen LogP contribution in [-0.2, 0) is 17.9 Å². The molecule has 1 saturated heterocycles. The van der Waals surface area contributed by atoms with E-state index in [1.807, 2.05) is 55.5 Å². The summed E-state index contributed by atoms with van der Waals surface area (Å²) in [5.74, 6) is 0.771. The lowest BCUT2D eigenvalue weighted by atomic mass is 10.1. The molecular weight excluding hydrogens is 498 g/mol. The summed E-state index contributed by atoms with van der Waals surface area (Å²) in [5.41, 5.74) is 6.09. The quantitative estimate of drug-likeness (QED) is 0.483. The van der Waals surface area contributed by atoms with Gasteiger partial charge in [-0.05, 0) is 30.2 Å². The number of anilines is 1. The first-order valence-corrected chi connectivity index (χ1v) is 13.0. The average molecular weight is 530 g/mol. The van der Waals surface area contributed by atoms with Crippen molar-refractivity contribution in [2.75, 3.05) is 38.2 Å². The van der Waals surface area contributed by atoms with Crippen LogP contribution >= 0.6 is 0 Å². The van der Waals surface area contributed by atoms with Crippen LogP contribution in [0.15, 0.2) is 59.9 Å². The Morgan fingerprint density at radius 1 is 1.13 bits per heavy atom. The lowest BCUT2D eigenvalue weighted by molar-refractivity contribution is -0.120. The summed E-state index contributed by atoms with van der Waals surface area (Å²) in [6, 6.07) is 14.8. The van der Waals surface area contributed by atoms with E-state index in [0.29, 0.717) is 18.0 Å². The van der Waals surface area contributed by atoms with E-state index < -0.39 is 11.9 Å². The number of piperazine rings is 1. The molecular formula is C27H31N9O3. The predicted octanol–water partition coefficient (Wildman–Crippen LogP) is 0.861. The number of nitrogens with zero attached hydrogens (tertiary/aromatic N) is 7. The molecule has 0 spiro atoms. The fourth-order valence-corrected chi connectivity index (χ4v) is 5.14. The molecule has 0 radical (unpaired) electrons. The molecule has 12 nitrogen and oxygen atoms in total. The minimum absolute atomic E-state index is 0.00233. The first-order valence-electron chi connectivity index (χ1n) is 13.0. The lowest BCUT2D eigenvalue weighted by Gasteiger charge is -2.35. The molecule has 6 rings (SSSR count). The van der Waals surface area contributed by atoms with E-state index in [9.17, 15) is 9.59 Å². The number of aromatic nitrogens is 3. The molecule has 1 unspecified atom stereocenters. The Kier molecular flexibility index (Phi) is 6.71. The van der Waals surface area contributed by atoms with E-state index in [1.54, 1.807) is 11.7 Å². The number of aliphatic imine (C=N–C) groups is 1. The van der Waals surface area contributed by atoms with Gasteiger partial charge in [-0.2, -0.15) is 5.01 Å². The summed E-state index contributed by atoms with van der Waals surface area (Å²) in [6.07, 6.45) is 1.64. The van der Waals surface area contributed by atoms with Gasteiger partial charge in [0, 0.05) is 33.2 Å². The molecule has 2 N–H and O–H groups in total. The number of nitrogens with one attached hydrogen (secondary N) is 2. The summed E-state index contributed by atoms with van der Waals surface area (Å²) in [7, 11) is 1.69. The van der Waals surface area contributed by atoms with Crippen molar-refractivity contribution in [2.24, 2.45) is 4.99 Å². The van der Waals surface area contributed by atoms with Gasteiger partial charge in [0.15, 0.2) is 0 Å². The number of amidine groups is 1. The first kappa shape index (κ1) is 25.0. The maximum atomic E-state index is 13.2. The molecule has 0 aliphatic carbocycles. The second-order valence-electron chi connectivity index (χ2n) is 10.0. The SMILES string of the molecule is CC1=NC2CN(Cc3ccc4c(c3)OC[C@@H](NC(=O)c3ncn(Cc5ccccc5)n3)C(=O)N4C)CCN2N1. The summed E-state index contributed by atoms with van der Waals surface area (Å²) in [4.78, 5) is 38.8. The van der Waals surface area contributed by atoms with Gasteiger partial charge in [0.05, 0.1) is 12.2 Å². The Morgan fingerprint density at radius 2 is 1.97 bits per heavy atom. The molecule has 1 fully saturated rings. The molecule has 3 aromatic rings. The topological polar surface area (TPSA) is 120 Å². The van der Waals surface area contributed by atoms with Crippen LogP contribution in [0.25, 0.3) is 0 Å². The van der Waals surface area contributed by atoms with E-state index in [0.717, 1.165) is 43.1 Å². The van der Waals surface area contributed by atoms with Crippen molar-refractivity contribution in [3.05, 3.63) is 71.8 Å². The second-order valence-corrected chi connectivity index (χ2v) is 10.0. The number of hydrazine groups is 1. The third kappa shape index (κ3) is 5.33. The molecule has 39 heavy (non-hydrogen) atoms. The van der Waals surface area contributed by atoms with Crippen molar-refractivity contribution < 1.29 is 14.3 Å². The number of hydrogen-bond donors (Lipinski definition) is 2. The maximum Gasteiger partial charge on any atom is 0.291 e. The zero-order valence-electron chi connectivity index (χ0n) is 21.9. The molecule has 0 saturated carbocycles. The monoisotopic (exact) mass is 529 g/mol. The van der Waals surface area contributed by atoms with Crippen molar-refractivity contribution in [3.8, 4) is 5.75 Å². The number of carbonyl (C=O) groups excluding carboxylic acids is 2. The van der Waals surface area contributed by atoms with E-state index in [4.69, 9.17) is 4.74 Å². The van der Waals surface area contributed by atoms with E-state index in [2.05, 4.69) is 35.7 Å². The number of rotatable bonds is 6. The summed E-state index contributed by atoms with van der Waals surface area (Å²) in [6.45, 7) is 5.89. The van der Waals surface area contributed by atoms with Crippen molar-refractivity contribution >= 4 is 23.3 Å². The number of likely N-dealkylation sites (N-methyl/N-ethyl adjacent to an activating group) is 1. The van der Waals surface area contributed by atoms with Crippen LogP contribution in [0.2, 0.25) is 0 Å². The largest absolute Gasteiger partial charge is 0.489 e. The normalized spacial score (nSPS) is 21.3.